The van der Waals surface area contributed by atoms with E-state index in [0.29, 0.717) is 17.1 Å². The lowest BCUT2D eigenvalue weighted by Gasteiger charge is -2.11. The quantitative estimate of drug-likeness (QED) is 0.306. The van der Waals surface area contributed by atoms with Crippen molar-refractivity contribution in [3.63, 3.8) is 0 Å². The molecule has 3 aromatic carbocycles. The van der Waals surface area contributed by atoms with E-state index in [9.17, 15) is 14.4 Å². The van der Waals surface area contributed by atoms with Crippen LogP contribution in [-0.4, -0.2) is 39.3 Å². The summed E-state index contributed by atoms with van der Waals surface area (Å²) >= 11 is 6.06. The third-order valence-corrected chi connectivity index (χ3v) is 5.04. The van der Waals surface area contributed by atoms with Crippen molar-refractivity contribution >= 4 is 34.9 Å². The molecule has 0 aliphatic heterocycles. The van der Waals surface area contributed by atoms with Crippen molar-refractivity contribution in [3.8, 4) is 0 Å². The highest BCUT2D eigenvalue weighted by Gasteiger charge is 2.18. The molecule has 1 aromatic heterocycles. The van der Waals surface area contributed by atoms with E-state index in [1.807, 2.05) is 30.3 Å². The van der Waals surface area contributed by atoms with E-state index in [1.165, 1.54) is 23.0 Å². The molecule has 0 atom stereocenters. The summed E-state index contributed by atoms with van der Waals surface area (Å²) < 4.78 is 6.56. The number of anilines is 1. The van der Waals surface area contributed by atoms with Gasteiger partial charge < -0.3 is 10.1 Å². The van der Waals surface area contributed by atoms with Gasteiger partial charge in [0.25, 0.3) is 5.91 Å². The van der Waals surface area contributed by atoms with E-state index in [-0.39, 0.29) is 22.7 Å². The molecule has 8 nitrogen and oxygen atoms in total. The van der Waals surface area contributed by atoms with Crippen LogP contribution in [0.25, 0.3) is 0 Å². The number of nitrogens with one attached hydrogen (secondary N) is 1. The molecule has 4 aromatic rings. The van der Waals surface area contributed by atoms with Crippen LogP contribution in [0, 0.1) is 0 Å². The second-order valence-electron chi connectivity index (χ2n) is 7.30. The number of carbonyl (C=O) groups is 3. The third kappa shape index (κ3) is 5.73. The second kappa shape index (κ2) is 10.5. The molecule has 0 bridgehead atoms. The molecule has 1 amide bonds. The van der Waals surface area contributed by atoms with Crippen LogP contribution in [0.1, 0.15) is 32.0 Å². The highest BCUT2D eigenvalue weighted by atomic mass is 35.5. The minimum atomic E-state index is -0.786. The second-order valence-corrected chi connectivity index (χ2v) is 7.73. The van der Waals surface area contributed by atoms with Crippen LogP contribution in [0.4, 0.5) is 5.69 Å². The van der Waals surface area contributed by atoms with Gasteiger partial charge in [0.1, 0.15) is 0 Å². The number of nitrogens with zero attached hydrogens (tertiary/aromatic N) is 3. The summed E-state index contributed by atoms with van der Waals surface area (Å²) in [5.41, 5.74) is 1.91. The summed E-state index contributed by atoms with van der Waals surface area (Å²) in [5.74, 6) is -1.70. The van der Waals surface area contributed by atoms with Crippen molar-refractivity contribution in [2.24, 2.45) is 0 Å². The van der Waals surface area contributed by atoms with Crippen molar-refractivity contribution in [2.75, 3.05) is 11.9 Å². The monoisotopic (exact) mass is 474 g/mol. The number of rotatable bonds is 8. The maximum atomic E-state index is 12.9. The summed E-state index contributed by atoms with van der Waals surface area (Å²) in [6, 6.07) is 22.7. The van der Waals surface area contributed by atoms with E-state index in [2.05, 4.69) is 15.6 Å². The van der Waals surface area contributed by atoms with Gasteiger partial charge in [-0.15, -0.1) is 5.10 Å². The van der Waals surface area contributed by atoms with Gasteiger partial charge in [-0.1, -0.05) is 77.5 Å². The highest BCUT2D eigenvalue weighted by molar-refractivity contribution is 6.31. The first-order chi connectivity index (χ1) is 16.5. The highest BCUT2D eigenvalue weighted by Crippen LogP contribution is 2.23. The van der Waals surface area contributed by atoms with Gasteiger partial charge in [-0.05, 0) is 23.8 Å². The number of ether oxygens (including phenoxy) is 1. The predicted octanol–water partition coefficient (Wildman–Crippen LogP) is 4.01. The van der Waals surface area contributed by atoms with Crippen LogP contribution in [0.3, 0.4) is 0 Å². The average molecular weight is 475 g/mol. The van der Waals surface area contributed by atoms with Gasteiger partial charge in [-0.2, -0.15) is 0 Å². The molecular formula is C25H19ClN4O4. The van der Waals surface area contributed by atoms with Crippen molar-refractivity contribution in [3.05, 3.63) is 112 Å². The summed E-state index contributed by atoms with van der Waals surface area (Å²) in [6.45, 7) is -0.123. The number of carbonyl (C=O) groups excluding carboxylic acids is 3. The molecule has 0 spiro atoms. The molecule has 0 aliphatic carbocycles. The average Bonchev–Trinajstić information content (AvgIpc) is 3.33. The van der Waals surface area contributed by atoms with Gasteiger partial charge in [0, 0.05) is 16.1 Å². The van der Waals surface area contributed by atoms with Crippen LogP contribution in [0.2, 0.25) is 5.02 Å². The van der Waals surface area contributed by atoms with Gasteiger partial charge >= 0.3 is 5.97 Å². The summed E-state index contributed by atoms with van der Waals surface area (Å²) in [7, 11) is 0. The Morgan fingerprint density at radius 3 is 2.38 bits per heavy atom. The van der Waals surface area contributed by atoms with Gasteiger partial charge in [0.15, 0.2) is 18.1 Å². The van der Waals surface area contributed by atoms with Crippen molar-refractivity contribution in [1.82, 2.24) is 15.0 Å². The fourth-order valence-electron chi connectivity index (χ4n) is 3.19. The topological polar surface area (TPSA) is 103 Å². The molecule has 0 radical (unpaired) electrons. The number of amides is 1. The minimum absolute atomic E-state index is 0.0184. The molecule has 34 heavy (non-hydrogen) atoms. The molecule has 0 unspecified atom stereocenters. The Labute approximate surface area is 200 Å². The molecule has 170 valence electrons. The molecule has 4 rings (SSSR count). The Morgan fingerprint density at radius 1 is 0.941 bits per heavy atom. The van der Waals surface area contributed by atoms with E-state index >= 15 is 0 Å². The SMILES string of the molecule is O=C(COC(=O)c1cn(Cc2ccccc2)nn1)Nc1ccc(Cl)cc1C(=O)c1ccccc1. The van der Waals surface area contributed by atoms with Crippen LogP contribution >= 0.6 is 11.6 Å². The Morgan fingerprint density at radius 2 is 1.65 bits per heavy atom. The third-order valence-electron chi connectivity index (χ3n) is 4.81. The fraction of sp³-hybridized carbons (Fsp3) is 0.0800. The van der Waals surface area contributed by atoms with Crippen LogP contribution in [0.15, 0.2) is 85.1 Å². The number of benzene rings is 3. The zero-order valence-electron chi connectivity index (χ0n) is 17.8. The number of ketones is 1. The molecule has 9 heteroatoms. The lowest BCUT2D eigenvalue weighted by molar-refractivity contribution is -0.119. The number of halogens is 1. The van der Waals surface area contributed by atoms with Crippen LogP contribution < -0.4 is 5.32 Å². The van der Waals surface area contributed by atoms with E-state index < -0.39 is 18.5 Å². The first kappa shape index (κ1) is 22.9. The maximum Gasteiger partial charge on any atom is 0.361 e. The lowest BCUT2D eigenvalue weighted by Crippen LogP contribution is -2.22. The lowest BCUT2D eigenvalue weighted by atomic mass is 10.0. The zero-order valence-corrected chi connectivity index (χ0v) is 18.6. The molecule has 0 fully saturated rings. The van der Waals surface area contributed by atoms with Crippen LogP contribution in [-0.2, 0) is 16.1 Å². The Bertz CT molecular complexity index is 1320. The number of esters is 1. The zero-order chi connectivity index (χ0) is 23.9. The Kier molecular flexibility index (Phi) is 7.10. The van der Waals surface area contributed by atoms with Gasteiger partial charge in [-0.25, -0.2) is 9.48 Å². The van der Waals surface area contributed by atoms with Gasteiger partial charge in [-0.3, -0.25) is 9.59 Å². The van der Waals surface area contributed by atoms with Crippen molar-refractivity contribution in [2.45, 2.75) is 6.54 Å². The number of aromatic nitrogens is 3. The molecular weight excluding hydrogens is 456 g/mol. The first-order valence-corrected chi connectivity index (χ1v) is 10.7. The Balaban J connectivity index is 1.37. The summed E-state index contributed by atoms with van der Waals surface area (Å²) in [5, 5.41) is 10.7. The van der Waals surface area contributed by atoms with Crippen molar-refractivity contribution < 1.29 is 19.1 Å². The smallest absolute Gasteiger partial charge is 0.361 e. The normalized spacial score (nSPS) is 10.5. The van der Waals surface area contributed by atoms with E-state index in [1.54, 1.807) is 36.4 Å². The molecule has 0 saturated carbocycles. The van der Waals surface area contributed by atoms with E-state index in [0.717, 1.165) is 5.56 Å². The van der Waals surface area contributed by atoms with E-state index in [4.69, 9.17) is 16.3 Å². The predicted molar refractivity (Wildman–Crippen MR) is 126 cm³/mol. The van der Waals surface area contributed by atoms with Crippen LogP contribution in [0.5, 0.6) is 0 Å². The molecule has 0 aliphatic rings. The summed E-state index contributed by atoms with van der Waals surface area (Å²) in [6.07, 6.45) is 1.45. The standard InChI is InChI=1S/C25H19ClN4O4/c26-19-11-12-21(20(13-19)24(32)18-9-5-2-6-10-18)27-23(31)16-34-25(33)22-15-30(29-28-22)14-17-7-3-1-4-8-17/h1-13,15H,14,16H2,(H,27,31). The number of hydrogen-bond donors (Lipinski definition) is 1. The first-order valence-electron chi connectivity index (χ1n) is 10.3. The molecule has 0 saturated heterocycles. The van der Waals surface area contributed by atoms with Crippen molar-refractivity contribution in [1.29, 1.82) is 0 Å². The maximum absolute atomic E-state index is 12.9. The Hall–Kier alpha value is -4.30. The van der Waals surface area contributed by atoms with Gasteiger partial charge in [0.2, 0.25) is 0 Å². The largest absolute Gasteiger partial charge is 0.451 e. The molecule has 1 N–H and O–H groups in total. The molecule has 1 heterocycles. The van der Waals surface area contributed by atoms with Gasteiger partial charge in [0.05, 0.1) is 18.4 Å². The fourth-order valence-corrected chi connectivity index (χ4v) is 3.36. The minimum Gasteiger partial charge on any atom is -0.451 e. The summed E-state index contributed by atoms with van der Waals surface area (Å²) in [4.78, 5) is 37.6. The number of hydrogen-bond acceptors (Lipinski definition) is 6.